The number of carboxylic acid groups (broad SMARTS) is 1. The van der Waals surface area contributed by atoms with Gasteiger partial charge in [-0.2, -0.15) is 0 Å². The Bertz CT molecular complexity index is 483. The molecule has 0 radical (unpaired) electrons. The zero-order valence-electron chi connectivity index (χ0n) is 12.7. The smallest absolute Gasteiger partial charge is 0.308 e. The highest BCUT2D eigenvalue weighted by Crippen LogP contribution is 2.18. The van der Waals surface area contributed by atoms with Gasteiger partial charge in [-0.25, -0.2) is 0 Å². The van der Waals surface area contributed by atoms with E-state index in [9.17, 15) is 14.7 Å². The van der Waals surface area contributed by atoms with Crippen molar-refractivity contribution in [2.75, 3.05) is 19.8 Å². The van der Waals surface area contributed by atoms with Gasteiger partial charge >= 0.3 is 5.97 Å². The van der Waals surface area contributed by atoms with Crippen LogP contribution in [0.4, 0.5) is 0 Å². The van der Waals surface area contributed by atoms with Crippen LogP contribution in [0.15, 0.2) is 30.3 Å². The Morgan fingerprint density at radius 3 is 2.55 bits per heavy atom. The number of hydrogen-bond donors (Lipinski definition) is 2. The quantitative estimate of drug-likeness (QED) is 0.806. The molecule has 2 rings (SSSR count). The maximum atomic E-state index is 11.9. The SMILES string of the molecule is O=C(CC1CCOCC1)NCC(Cc1ccccc1)C(=O)O. The molecule has 0 aliphatic carbocycles. The highest BCUT2D eigenvalue weighted by Gasteiger charge is 2.21. The average Bonchev–Trinajstić information content (AvgIpc) is 2.53. The number of carbonyl (C=O) groups excluding carboxylic acids is 1. The molecule has 1 atom stereocenters. The van der Waals surface area contributed by atoms with Crippen LogP contribution in [0.25, 0.3) is 0 Å². The van der Waals surface area contributed by atoms with Crippen LogP contribution in [0.3, 0.4) is 0 Å². The number of aliphatic carboxylic acids is 1. The summed E-state index contributed by atoms with van der Waals surface area (Å²) in [4.78, 5) is 23.3. The third kappa shape index (κ3) is 5.48. The Morgan fingerprint density at radius 2 is 1.91 bits per heavy atom. The van der Waals surface area contributed by atoms with Crippen LogP contribution in [-0.2, 0) is 20.7 Å². The molecule has 0 aromatic heterocycles. The van der Waals surface area contributed by atoms with Gasteiger partial charge in [0, 0.05) is 26.2 Å². The standard InChI is InChI=1S/C17H23NO4/c19-16(11-14-6-8-22-9-7-14)18-12-15(17(20)21)10-13-4-2-1-3-5-13/h1-5,14-15H,6-12H2,(H,18,19)(H,20,21). The summed E-state index contributed by atoms with van der Waals surface area (Å²) in [5, 5.41) is 12.1. The zero-order valence-corrected chi connectivity index (χ0v) is 12.7. The molecular formula is C17H23NO4. The summed E-state index contributed by atoms with van der Waals surface area (Å²) in [6.07, 6.45) is 2.69. The van der Waals surface area contributed by atoms with Crippen molar-refractivity contribution in [2.24, 2.45) is 11.8 Å². The highest BCUT2D eigenvalue weighted by molar-refractivity contribution is 5.77. The van der Waals surface area contributed by atoms with Gasteiger partial charge in [0.15, 0.2) is 0 Å². The van der Waals surface area contributed by atoms with Gasteiger partial charge in [0.05, 0.1) is 5.92 Å². The maximum absolute atomic E-state index is 11.9. The molecule has 120 valence electrons. The minimum atomic E-state index is -0.879. The molecule has 1 unspecified atom stereocenters. The number of amides is 1. The van der Waals surface area contributed by atoms with E-state index in [0.717, 1.165) is 18.4 Å². The monoisotopic (exact) mass is 305 g/mol. The lowest BCUT2D eigenvalue weighted by molar-refractivity contribution is -0.141. The van der Waals surface area contributed by atoms with Gasteiger partial charge < -0.3 is 15.2 Å². The fourth-order valence-electron chi connectivity index (χ4n) is 2.67. The number of rotatable bonds is 7. The summed E-state index contributed by atoms with van der Waals surface area (Å²) in [7, 11) is 0. The lowest BCUT2D eigenvalue weighted by Crippen LogP contribution is -2.35. The molecular weight excluding hydrogens is 282 g/mol. The second-order valence-corrected chi connectivity index (χ2v) is 5.79. The third-order valence-electron chi connectivity index (χ3n) is 4.03. The summed E-state index contributed by atoms with van der Waals surface area (Å²) >= 11 is 0. The minimum Gasteiger partial charge on any atom is -0.481 e. The average molecular weight is 305 g/mol. The summed E-state index contributed by atoms with van der Waals surface area (Å²) in [5.74, 6) is -1.19. The Morgan fingerprint density at radius 1 is 1.23 bits per heavy atom. The Labute approximate surface area is 130 Å². The normalized spacial score (nSPS) is 16.9. The first-order valence-corrected chi connectivity index (χ1v) is 7.76. The fraction of sp³-hybridized carbons (Fsp3) is 0.529. The maximum Gasteiger partial charge on any atom is 0.308 e. The molecule has 22 heavy (non-hydrogen) atoms. The van der Waals surface area contributed by atoms with Crippen LogP contribution in [0.2, 0.25) is 0 Å². The summed E-state index contributed by atoms with van der Waals surface area (Å²) in [6, 6.07) is 9.48. The first-order valence-electron chi connectivity index (χ1n) is 7.76. The van der Waals surface area contributed by atoms with Gasteiger partial charge in [0.1, 0.15) is 0 Å². The molecule has 1 aromatic rings. The number of benzene rings is 1. The van der Waals surface area contributed by atoms with Gasteiger partial charge in [0.25, 0.3) is 0 Å². The summed E-state index contributed by atoms with van der Waals surface area (Å²) in [6.45, 7) is 1.60. The summed E-state index contributed by atoms with van der Waals surface area (Å²) in [5.41, 5.74) is 0.966. The Kier molecular flexibility index (Phi) is 6.40. The molecule has 1 aliphatic heterocycles. The van der Waals surface area contributed by atoms with Crippen LogP contribution < -0.4 is 5.32 Å². The number of nitrogens with one attached hydrogen (secondary N) is 1. The van der Waals surface area contributed by atoms with E-state index in [0.29, 0.717) is 32.0 Å². The van der Waals surface area contributed by atoms with Gasteiger partial charge in [-0.3, -0.25) is 9.59 Å². The van der Waals surface area contributed by atoms with Crippen molar-refractivity contribution < 1.29 is 19.4 Å². The van der Waals surface area contributed by atoms with Crippen molar-refractivity contribution >= 4 is 11.9 Å². The lowest BCUT2D eigenvalue weighted by atomic mass is 9.95. The Balaban J connectivity index is 1.78. The molecule has 1 amide bonds. The largest absolute Gasteiger partial charge is 0.481 e. The molecule has 5 heteroatoms. The van der Waals surface area contributed by atoms with Gasteiger partial charge in [0.2, 0.25) is 5.91 Å². The van der Waals surface area contributed by atoms with Crippen molar-refractivity contribution in [1.29, 1.82) is 0 Å². The van der Waals surface area contributed by atoms with Crippen molar-refractivity contribution in [3.63, 3.8) is 0 Å². The minimum absolute atomic E-state index is 0.0637. The lowest BCUT2D eigenvalue weighted by Gasteiger charge is -2.21. The number of hydrogen-bond acceptors (Lipinski definition) is 3. The van der Waals surface area contributed by atoms with Crippen molar-refractivity contribution in [3.05, 3.63) is 35.9 Å². The predicted octanol–water partition coefficient (Wildman–Crippen LogP) is 1.86. The van der Waals surface area contributed by atoms with E-state index in [2.05, 4.69) is 5.32 Å². The van der Waals surface area contributed by atoms with Crippen LogP contribution in [0.5, 0.6) is 0 Å². The molecule has 2 N–H and O–H groups in total. The van der Waals surface area contributed by atoms with E-state index in [4.69, 9.17) is 4.74 Å². The predicted molar refractivity (Wildman–Crippen MR) is 82.4 cm³/mol. The molecule has 0 saturated carbocycles. The van der Waals surface area contributed by atoms with Crippen molar-refractivity contribution in [2.45, 2.75) is 25.7 Å². The van der Waals surface area contributed by atoms with E-state index in [1.165, 1.54) is 0 Å². The fourth-order valence-corrected chi connectivity index (χ4v) is 2.67. The van der Waals surface area contributed by atoms with E-state index in [1.54, 1.807) is 0 Å². The molecule has 0 bridgehead atoms. The van der Waals surface area contributed by atoms with E-state index < -0.39 is 11.9 Å². The third-order valence-corrected chi connectivity index (χ3v) is 4.03. The molecule has 1 aliphatic rings. The summed E-state index contributed by atoms with van der Waals surface area (Å²) < 4.78 is 5.27. The zero-order chi connectivity index (χ0) is 15.8. The van der Waals surface area contributed by atoms with Gasteiger partial charge in [-0.1, -0.05) is 30.3 Å². The van der Waals surface area contributed by atoms with Crippen LogP contribution >= 0.6 is 0 Å². The Hall–Kier alpha value is -1.88. The van der Waals surface area contributed by atoms with Crippen LogP contribution in [-0.4, -0.2) is 36.7 Å². The van der Waals surface area contributed by atoms with Crippen LogP contribution in [0.1, 0.15) is 24.8 Å². The first-order chi connectivity index (χ1) is 10.6. The molecule has 1 aromatic carbocycles. The van der Waals surface area contributed by atoms with E-state index in [1.807, 2.05) is 30.3 Å². The van der Waals surface area contributed by atoms with Crippen molar-refractivity contribution in [3.8, 4) is 0 Å². The van der Waals surface area contributed by atoms with Crippen molar-refractivity contribution in [1.82, 2.24) is 5.32 Å². The molecule has 1 heterocycles. The topological polar surface area (TPSA) is 75.6 Å². The number of carboxylic acids is 1. The van der Waals surface area contributed by atoms with Crippen LogP contribution in [0, 0.1) is 11.8 Å². The number of carbonyl (C=O) groups is 2. The molecule has 1 fully saturated rings. The molecule has 5 nitrogen and oxygen atoms in total. The van der Waals surface area contributed by atoms with Gasteiger partial charge in [-0.05, 0) is 30.7 Å². The van der Waals surface area contributed by atoms with E-state index in [-0.39, 0.29) is 12.5 Å². The molecule has 0 spiro atoms. The first kappa shape index (κ1) is 16.5. The molecule has 1 saturated heterocycles. The number of ether oxygens (including phenoxy) is 1. The second-order valence-electron chi connectivity index (χ2n) is 5.79. The van der Waals surface area contributed by atoms with E-state index >= 15 is 0 Å². The second kappa shape index (κ2) is 8.54. The highest BCUT2D eigenvalue weighted by atomic mass is 16.5. The van der Waals surface area contributed by atoms with Gasteiger partial charge in [-0.15, -0.1) is 0 Å².